The first-order valence-corrected chi connectivity index (χ1v) is 9.10. The molecule has 3 rings (SSSR count). The van der Waals surface area contributed by atoms with Crippen LogP contribution >= 0.6 is 0 Å². The fourth-order valence-electron chi connectivity index (χ4n) is 3.55. The Hall–Kier alpha value is -2.38. The van der Waals surface area contributed by atoms with Crippen molar-refractivity contribution in [1.29, 1.82) is 0 Å². The zero-order valence-corrected chi connectivity index (χ0v) is 15.2. The van der Waals surface area contributed by atoms with Crippen LogP contribution in [0.5, 0.6) is 11.5 Å². The van der Waals surface area contributed by atoms with Crippen LogP contribution in [0.2, 0.25) is 0 Å². The first-order chi connectivity index (χ1) is 12.8. The molecule has 1 aliphatic heterocycles. The second-order valence-electron chi connectivity index (χ2n) is 7.27. The van der Waals surface area contributed by atoms with E-state index in [4.69, 9.17) is 10.5 Å². The lowest BCUT2D eigenvalue weighted by Crippen LogP contribution is -2.36. The van der Waals surface area contributed by atoms with Crippen LogP contribution in [-0.2, 0) is 9.59 Å². The highest BCUT2D eigenvalue weighted by molar-refractivity contribution is 5.78. The number of ether oxygens (including phenoxy) is 2. The van der Waals surface area contributed by atoms with E-state index in [1.165, 1.54) is 13.0 Å². The monoisotopic (exact) mass is 382 g/mol. The maximum absolute atomic E-state index is 12.7. The number of halogens is 2. The lowest BCUT2D eigenvalue weighted by Gasteiger charge is -2.21. The predicted octanol–water partition coefficient (Wildman–Crippen LogP) is 2.66. The summed E-state index contributed by atoms with van der Waals surface area (Å²) in [6.07, 6.45) is 2.85. The molecule has 2 amide bonds. The maximum atomic E-state index is 12.7. The topological polar surface area (TPSA) is 81.9 Å². The largest absolute Gasteiger partial charge is 0.489 e. The van der Waals surface area contributed by atoms with E-state index in [0.29, 0.717) is 25.5 Å². The first-order valence-electron chi connectivity index (χ1n) is 9.10. The van der Waals surface area contributed by atoms with E-state index in [9.17, 15) is 18.4 Å². The number of nitrogens with zero attached hydrogens (tertiary/aromatic N) is 1. The van der Waals surface area contributed by atoms with Gasteiger partial charge in [-0.3, -0.25) is 9.59 Å². The third kappa shape index (κ3) is 5.08. The van der Waals surface area contributed by atoms with Gasteiger partial charge in [-0.2, -0.15) is 8.78 Å². The lowest BCUT2D eigenvalue weighted by molar-refractivity contribution is -0.130. The minimum Gasteiger partial charge on any atom is -0.489 e. The van der Waals surface area contributed by atoms with Crippen LogP contribution in [0.1, 0.15) is 44.1 Å². The number of alkyl halides is 2. The van der Waals surface area contributed by atoms with Crippen molar-refractivity contribution in [3.05, 3.63) is 23.8 Å². The van der Waals surface area contributed by atoms with Gasteiger partial charge in [0.25, 0.3) is 0 Å². The summed E-state index contributed by atoms with van der Waals surface area (Å²) in [5.74, 6) is 0.152. The highest BCUT2D eigenvalue weighted by atomic mass is 19.3. The molecule has 2 aliphatic rings. The molecule has 2 N–H and O–H groups in total. The van der Waals surface area contributed by atoms with E-state index >= 15 is 0 Å². The van der Waals surface area contributed by atoms with Crippen LogP contribution < -0.4 is 15.2 Å². The number of carbonyl (C=O) groups excluding carboxylic acids is 2. The number of benzene rings is 1. The molecular weight excluding hydrogens is 358 g/mol. The number of likely N-dealkylation sites (tertiary alicyclic amines) is 1. The zero-order chi connectivity index (χ0) is 19.6. The molecule has 1 saturated heterocycles. The second-order valence-corrected chi connectivity index (χ2v) is 7.27. The average molecular weight is 382 g/mol. The normalized spacial score (nSPS) is 22.1. The molecule has 0 spiro atoms. The van der Waals surface area contributed by atoms with Crippen LogP contribution in [0, 0.1) is 5.92 Å². The summed E-state index contributed by atoms with van der Waals surface area (Å²) in [4.78, 5) is 24.8. The van der Waals surface area contributed by atoms with Gasteiger partial charge in [-0.05, 0) is 42.9 Å². The fraction of sp³-hybridized carbons (Fsp3) is 0.579. The molecular formula is C19H24F2N2O4. The highest BCUT2D eigenvalue weighted by Gasteiger charge is 2.35. The van der Waals surface area contributed by atoms with Crippen molar-refractivity contribution in [3.63, 3.8) is 0 Å². The van der Waals surface area contributed by atoms with E-state index in [2.05, 4.69) is 4.74 Å². The van der Waals surface area contributed by atoms with Crippen LogP contribution in [0.3, 0.4) is 0 Å². The number of carbonyl (C=O) groups is 2. The van der Waals surface area contributed by atoms with Crippen molar-refractivity contribution >= 4 is 11.8 Å². The molecule has 6 nitrogen and oxygen atoms in total. The highest BCUT2D eigenvalue weighted by Crippen LogP contribution is 2.39. The molecule has 0 radical (unpaired) electrons. The number of rotatable bonds is 8. The number of hydrogen-bond donors (Lipinski definition) is 1. The fourth-order valence-corrected chi connectivity index (χ4v) is 3.55. The lowest BCUT2D eigenvalue weighted by atomic mass is 9.95. The smallest absolute Gasteiger partial charge is 0.387 e. The molecule has 0 bridgehead atoms. The first kappa shape index (κ1) is 19.4. The zero-order valence-electron chi connectivity index (χ0n) is 15.2. The Morgan fingerprint density at radius 2 is 2.04 bits per heavy atom. The van der Waals surface area contributed by atoms with E-state index in [1.807, 2.05) is 0 Å². The molecule has 1 aliphatic carbocycles. The Morgan fingerprint density at radius 1 is 1.30 bits per heavy atom. The molecule has 1 aromatic rings. The van der Waals surface area contributed by atoms with Crippen LogP contribution in [0.25, 0.3) is 0 Å². The summed E-state index contributed by atoms with van der Waals surface area (Å²) in [7, 11) is 0. The Bertz CT molecular complexity index is 709. The van der Waals surface area contributed by atoms with E-state index < -0.39 is 12.5 Å². The number of primary amides is 1. The molecule has 1 saturated carbocycles. The van der Waals surface area contributed by atoms with E-state index in [-0.39, 0.29) is 35.8 Å². The Morgan fingerprint density at radius 3 is 2.63 bits per heavy atom. The third-order valence-corrected chi connectivity index (χ3v) is 5.08. The maximum Gasteiger partial charge on any atom is 0.387 e. The summed E-state index contributed by atoms with van der Waals surface area (Å²) in [6.45, 7) is -0.555. The minimum atomic E-state index is -2.93. The molecule has 1 unspecified atom stereocenters. The van der Waals surface area contributed by atoms with Crippen molar-refractivity contribution in [2.45, 2.75) is 51.2 Å². The molecule has 1 heterocycles. The predicted molar refractivity (Wildman–Crippen MR) is 93.6 cm³/mol. The summed E-state index contributed by atoms with van der Waals surface area (Å²) < 4.78 is 35.6. The van der Waals surface area contributed by atoms with E-state index in [0.717, 1.165) is 18.4 Å². The van der Waals surface area contributed by atoms with Crippen molar-refractivity contribution in [3.8, 4) is 11.5 Å². The van der Waals surface area contributed by atoms with Gasteiger partial charge >= 0.3 is 6.61 Å². The minimum absolute atomic E-state index is 0.00417. The third-order valence-electron chi connectivity index (χ3n) is 5.08. The SMILES string of the molecule is CC(=O)N1CC(c2ccc(OC(F)F)c(OCC3CC3)c2)C[C@H]1CC(N)=O. The van der Waals surface area contributed by atoms with Crippen molar-refractivity contribution in [2.24, 2.45) is 11.7 Å². The number of amides is 2. The van der Waals surface area contributed by atoms with Gasteiger partial charge < -0.3 is 20.1 Å². The van der Waals surface area contributed by atoms with Gasteiger partial charge in [0.1, 0.15) is 0 Å². The Kier molecular flexibility index (Phi) is 5.82. The summed E-state index contributed by atoms with van der Waals surface area (Å²) in [5.41, 5.74) is 6.16. The number of nitrogens with two attached hydrogens (primary N) is 1. The van der Waals surface area contributed by atoms with Crippen LogP contribution in [0.15, 0.2) is 18.2 Å². The van der Waals surface area contributed by atoms with Gasteiger partial charge in [-0.25, -0.2) is 0 Å². The molecule has 2 atom stereocenters. The van der Waals surface area contributed by atoms with E-state index in [1.54, 1.807) is 17.0 Å². The summed E-state index contributed by atoms with van der Waals surface area (Å²) >= 11 is 0. The van der Waals surface area contributed by atoms with Crippen molar-refractivity contribution < 1.29 is 27.8 Å². The molecule has 0 aromatic heterocycles. The van der Waals surface area contributed by atoms with Crippen molar-refractivity contribution in [2.75, 3.05) is 13.2 Å². The van der Waals surface area contributed by atoms with Gasteiger partial charge in [0.15, 0.2) is 11.5 Å². The van der Waals surface area contributed by atoms with Crippen LogP contribution in [0.4, 0.5) is 8.78 Å². The van der Waals surface area contributed by atoms with Gasteiger partial charge in [0.05, 0.1) is 6.61 Å². The summed E-state index contributed by atoms with van der Waals surface area (Å²) in [5, 5.41) is 0. The molecule has 1 aromatic carbocycles. The Balaban J connectivity index is 1.79. The molecule has 148 valence electrons. The standard InChI is InChI=1S/C19H24F2N2O4/c1-11(24)23-9-14(6-15(23)8-18(22)25)13-4-5-16(27-19(20)21)17(7-13)26-10-12-2-3-12/h4-5,7,12,14-15,19H,2-3,6,8-10H2,1H3,(H2,22,25)/t14?,15-/m0/s1. The van der Waals surface area contributed by atoms with Gasteiger partial charge in [0, 0.05) is 31.8 Å². The van der Waals surface area contributed by atoms with Crippen molar-refractivity contribution in [1.82, 2.24) is 4.90 Å². The van der Waals surface area contributed by atoms with Crippen LogP contribution in [-0.4, -0.2) is 42.5 Å². The van der Waals surface area contributed by atoms with Gasteiger partial charge in [-0.15, -0.1) is 0 Å². The average Bonchev–Trinajstić information content (AvgIpc) is 3.32. The quantitative estimate of drug-likeness (QED) is 0.749. The molecule has 2 fully saturated rings. The second kappa shape index (κ2) is 8.10. The number of hydrogen-bond acceptors (Lipinski definition) is 4. The van der Waals surface area contributed by atoms with Gasteiger partial charge in [-0.1, -0.05) is 6.07 Å². The molecule has 8 heteroatoms. The summed E-state index contributed by atoms with van der Waals surface area (Å²) in [6, 6.07) is 4.63. The van der Waals surface area contributed by atoms with Gasteiger partial charge in [0.2, 0.25) is 11.8 Å². The molecule has 27 heavy (non-hydrogen) atoms. The Labute approximate surface area is 156 Å².